The summed E-state index contributed by atoms with van der Waals surface area (Å²) in [6.45, 7) is 18.6. The molecule has 4 aromatic carbocycles. The van der Waals surface area contributed by atoms with Crippen LogP contribution >= 0.6 is 0 Å². The molecule has 80 heavy (non-hydrogen) atoms. The maximum Gasteiger partial charge on any atom is 0.397 e. The average molecular weight is 1110 g/mol. The molecule has 4 aliphatic rings. The molecule has 2 amide bonds. The Hall–Kier alpha value is -8.05. The average Bonchev–Trinajstić information content (AvgIpc) is 3.82. The fraction of sp³-hybridized carbons (Fsp3) is 0.431. The number of carbonyl (C=O) groups is 4. The molecule has 1 fully saturated rings. The molecule has 0 aliphatic carbocycles. The van der Waals surface area contributed by atoms with Crippen LogP contribution in [-0.2, 0) is 28.6 Å². The number of carboxylic acids is 1. The number of allylic oxidation sites excluding steroid dienone is 2. The van der Waals surface area contributed by atoms with E-state index < -0.39 is 122 Å². The highest BCUT2D eigenvalue weighted by Gasteiger charge is 2.45. The van der Waals surface area contributed by atoms with Crippen LogP contribution in [0.1, 0.15) is 71.3 Å². The number of fused-ring (bicyclic) bond motifs is 14. The number of aliphatic hydroxyl groups is 3. The number of hydrogen-bond acceptors (Lipinski definition) is 19. The first-order valence-corrected chi connectivity index (χ1v) is 26.3. The standard InChI is InChI=1S/C58H67N5O17/c1-26(2)25-62-17-19-63(20-18-62)34-23-37(65)43-39(24-34)78-52-44(60-43)40-41-48(68)32(8)51-42(40)53(70)58(9,80-51)77-21-16-38(76-10)29(5)50(79-57(75)55(72)59-33-14-15-35(56(73)74)36(64)22-33)31(7)47(67)30(6)46(66)27(3)12-11-13-28(4)54(71)61-45(52)49(41)69/h11-16,21-24,26-27,29-31,38,46-47,50,64,66-68,70H,17-20,25H2,1-10H3,(H,59,72)(H,61,71)(H,73,74)/b12-11+,21-16+,28-13-. The number of aliphatic hydroxyl groups excluding tert-OH is 3. The van der Waals surface area contributed by atoms with Crippen molar-refractivity contribution in [3.05, 3.63) is 103 Å². The zero-order valence-corrected chi connectivity index (χ0v) is 46.0. The number of amides is 2. The number of hydrogen-bond donors (Lipinski definition) is 8. The second-order valence-electron chi connectivity index (χ2n) is 21.5. The van der Waals surface area contributed by atoms with Crippen LogP contribution in [0.5, 0.6) is 17.2 Å². The van der Waals surface area contributed by atoms with E-state index in [0.717, 1.165) is 44.1 Å². The molecule has 8 N–H and O–H groups in total. The van der Waals surface area contributed by atoms with Crippen molar-refractivity contribution < 1.29 is 73.2 Å². The zero-order chi connectivity index (χ0) is 58.4. The van der Waals surface area contributed by atoms with Gasteiger partial charge >= 0.3 is 23.6 Å². The Morgan fingerprint density at radius 3 is 2.26 bits per heavy atom. The number of aromatic carboxylic acids is 1. The monoisotopic (exact) mass is 1110 g/mol. The number of nitrogens with zero attached hydrogens (tertiary/aromatic N) is 3. The zero-order valence-electron chi connectivity index (χ0n) is 46.0. The third kappa shape index (κ3) is 11.1. The minimum atomic E-state index is -2.12. The normalized spacial score (nSPS) is 26.7. The lowest BCUT2D eigenvalue weighted by molar-refractivity contribution is -0.167. The van der Waals surface area contributed by atoms with Gasteiger partial charge in [-0.2, -0.15) is 0 Å². The van der Waals surface area contributed by atoms with E-state index in [1.807, 2.05) is 0 Å². The summed E-state index contributed by atoms with van der Waals surface area (Å²) >= 11 is 0. The van der Waals surface area contributed by atoms with Gasteiger partial charge in [0.2, 0.25) is 10.9 Å². The van der Waals surface area contributed by atoms with Gasteiger partial charge in [-0.3, -0.25) is 24.1 Å². The van der Waals surface area contributed by atoms with Crippen molar-refractivity contribution in [2.75, 3.05) is 55.4 Å². The summed E-state index contributed by atoms with van der Waals surface area (Å²) in [4.78, 5) is 90.9. The number of phenols is 2. The lowest BCUT2D eigenvalue weighted by atomic mass is 9.78. The van der Waals surface area contributed by atoms with Crippen LogP contribution in [0.25, 0.3) is 38.7 Å². The predicted molar refractivity (Wildman–Crippen MR) is 297 cm³/mol. The molecule has 1 saturated heterocycles. The highest BCUT2D eigenvalue weighted by molar-refractivity contribution is 6.37. The minimum Gasteiger partial charge on any atom is -0.507 e. The van der Waals surface area contributed by atoms with Crippen molar-refractivity contribution >= 4 is 79.5 Å². The molecule has 5 heterocycles. The Kier molecular flexibility index (Phi) is 16.7. The number of aromatic nitrogens is 1. The van der Waals surface area contributed by atoms with Crippen LogP contribution in [0.2, 0.25) is 0 Å². The Morgan fingerprint density at radius 2 is 1.61 bits per heavy atom. The van der Waals surface area contributed by atoms with E-state index in [1.54, 1.807) is 39.8 Å². The van der Waals surface area contributed by atoms with Crippen LogP contribution in [0.15, 0.2) is 80.5 Å². The van der Waals surface area contributed by atoms with E-state index in [1.165, 1.54) is 52.2 Å². The van der Waals surface area contributed by atoms with Crippen molar-refractivity contribution in [2.45, 2.75) is 92.5 Å². The first-order chi connectivity index (χ1) is 37.8. The quantitative estimate of drug-likeness (QED) is 0.0440. The first-order valence-electron chi connectivity index (χ1n) is 26.3. The van der Waals surface area contributed by atoms with Gasteiger partial charge in [-0.1, -0.05) is 59.8 Å². The van der Waals surface area contributed by atoms with E-state index in [2.05, 4.69) is 34.3 Å². The molecule has 22 heteroatoms. The summed E-state index contributed by atoms with van der Waals surface area (Å²) in [7, 11) is 1.33. The van der Waals surface area contributed by atoms with Crippen molar-refractivity contribution in [2.24, 2.45) is 29.6 Å². The third-order valence-electron chi connectivity index (χ3n) is 15.4. The van der Waals surface area contributed by atoms with E-state index in [-0.39, 0.29) is 55.4 Å². The van der Waals surface area contributed by atoms with Gasteiger partial charge in [-0.05, 0) is 38.0 Å². The fourth-order valence-electron chi connectivity index (χ4n) is 10.7. The van der Waals surface area contributed by atoms with Crippen LogP contribution in [0.4, 0.5) is 17.1 Å². The number of anilines is 3. The van der Waals surface area contributed by atoms with Gasteiger partial charge < -0.3 is 69.5 Å². The molecule has 5 bridgehead atoms. The van der Waals surface area contributed by atoms with Crippen LogP contribution < -0.4 is 36.3 Å². The number of phenolic OH excluding ortho intramolecular Hbond substituents is 1. The van der Waals surface area contributed by atoms with Gasteiger partial charge in [0.15, 0.2) is 22.4 Å². The molecule has 5 aromatic rings. The maximum absolute atomic E-state index is 15.0. The highest BCUT2D eigenvalue weighted by Crippen LogP contribution is 2.42. The summed E-state index contributed by atoms with van der Waals surface area (Å²) in [5.74, 6) is -12.2. The Bertz CT molecular complexity index is 3580. The van der Waals surface area contributed by atoms with Gasteiger partial charge in [0.1, 0.15) is 40.1 Å². The van der Waals surface area contributed by atoms with Crippen LogP contribution in [-0.4, -0.2) is 134 Å². The Morgan fingerprint density at radius 1 is 0.912 bits per heavy atom. The molecule has 426 valence electrons. The lowest BCUT2D eigenvalue weighted by Crippen LogP contribution is -2.47. The number of esters is 1. The number of nitrogens with one attached hydrogen (secondary N) is 2. The highest BCUT2D eigenvalue weighted by atomic mass is 16.7. The molecule has 1 aromatic heterocycles. The molecular weight excluding hydrogens is 1040 g/mol. The second-order valence-corrected chi connectivity index (χ2v) is 21.5. The lowest BCUT2D eigenvalue weighted by Gasteiger charge is -2.38. The molecule has 0 spiro atoms. The first kappa shape index (κ1) is 58.1. The summed E-state index contributed by atoms with van der Waals surface area (Å²) in [6.07, 6.45) is 1.92. The SMILES string of the molecule is COC1/C=C/OC2(C)Oc3c(C)c(O)c4c(=O)c(c5oc6cc(N7CCN(CC(C)C)CC7)cc(=O)c6nc5c4c3=C2O)NC(=O)/C(C)=C\C=C\C(C)C(O)C(C)C(O)C(C)C(OC(=O)C(=O)Nc2ccc(C(=O)O)c(O)c2)C1C. The maximum atomic E-state index is 15.0. The van der Waals surface area contributed by atoms with E-state index in [4.69, 9.17) is 28.3 Å². The number of rotatable bonds is 7. The van der Waals surface area contributed by atoms with Gasteiger partial charge in [0, 0.05) is 117 Å². The molecule has 9 unspecified atom stereocenters. The third-order valence-corrected chi connectivity index (χ3v) is 15.4. The summed E-state index contributed by atoms with van der Waals surface area (Å²) in [6, 6.07) is 6.21. The predicted octanol–water partition coefficient (Wildman–Crippen LogP) is 5.36. The molecule has 0 radical (unpaired) electrons. The minimum absolute atomic E-state index is 0.00705. The Labute approximate surface area is 459 Å². The summed E-state index contributed by atoms with van der Waals surface area (Å²) in [5, 5.41) is 71.6. The number of methoxy groups -OCH3 is 1. The van der Waals surface area contributed by atoms with E-state index in [9.17, 15) is 54.6 Å². The summed E-state index contributed by atoms with van der Waals surface area (Å²) < 4.78 is 30.7. The number of ether oxygens (including phenoxy) is 4. The van der Waals surface area contributed by atoms with Gasteiger partial charge in [0.25, 0.3) is 5.91 Å². The van der Waals surface area contributed by atoms with Crippen LogP contribution in [0, 0.1) is 36.5 Å². The summed E-state index contributed by atoms with van der Waals surface area (Å²) in [5.41, 5.74) is -2.48. The molecular formula is C58H67N5O17. The number of carboxylic acid groups (broad SMARTS) is 1. The van der Waals surface area contributed by atoms with Crippen molar-refractivity contribution in [1.82, 2.24) is 9.88 Å². The molecule has 0 saturated carbocycles. The van der Waals surface area contributed by atoms with E-state index in [0.29, 0.717) is 24.7 Å². The number of piperazine rings is 1. The van der Waals surface area contributed by atoms with Crippen molar-refractivity contribution in [1.29, 1.82) is 0 Å². The van der Waals surface area contributed by atoms with Gasteiger partial charge in [-0.25, -0.2) is 14.6 Å². The molecule has 9 atom stereocenters. The van der Waals surface area contributed by atoms with Crippen molar-refractivity contribution in [3.8, 4) is 17.2 Å². The van der Waals surface area contributed by atoms with E-state index >= 15 is 4.79 Å². The second kappa shape index (κ2) is 23.0. The topological polar surface area (TPSA) is 317 Å². The smallest absolute Gasteiger partial charge is 0.397 e. The van der Waals surface area contributed by atoms with Crippen LogP contribution in [0.3, 0.4) is 0 Å². The molecule has 4 aliphatic heterocycles. The number of aromatic hydroxyl groups is 2. The van der Waals surface area contributed by atoms with Gasteiger partial charge in [-0.15, -0.1) is 0 Å². The number of carbonyl (C=O) groups excluding carboxylic acids is 3. The molecule has 9 rings (SSSR count). The van der Waals surface area contributed by atoms with Gasteiger partial charge in [0.05, 0.1) is 35.2 Å². The molecule has 22 nitrogen and oxygen atoms in total. The fourth-order valence-corrected chi connectivity index (χ4v) is 10.7. The largest absolute Gasteiger partial charge is 0.507 e. The Balaban J connectivity index is 1.25. The van der Waals surface area contributed by atoms with Crippen molar-refractivity contribution in [3.63, 3.8) is 0 Å². The number of benzene rings is 4.